The van der Waals surface area contributed by atoms with Gasteiger partial charge in [0.1, 0.15) is 11.3 Å². The van der Waals surface area contributed by atoms with Crippen molar-refractivity contribution in [1.82, 2.24) is 0 Å². The van der Waals surface area contributed by atoms with E-state index in [1.807, 2.05) is 42.5 Å². The van der Waals surface area contributed by atoms with Crippen LogP contribution >= 0.6 is 0 Å². The average Bonchev–Trinajstić information content (AvgIpc) is 2.52. The van der Waals surface area contributed by atoms with Gasteiger partial charge in [0.2, 0.25) is 0 Å². The highest BCUT2D eigenvalue weighted by atomic mass is 16.5. The number of rotatable bonds is 4. The largest absolute Gasteiger partial charge is 0.493 e. The second kappa shape index (κ2) is 6.06. The van der Waals surface area contributed by atoms with E-state index in [0.29, 0.717) is 18.1 Å². The number of fused-ring (bicyclic) bond motifs is 1. The Hall–Kier alpha value is -2.55. The lowest BCUT2D eigenvalue weighted by Gasteiger charge is -2.10. The molecule has 0 fully saturated rings. The van der Waals surface area contributed by atoms with Crippen molar-refractivity contribution >= 4 is 11.0 Å². The Balaban J connectivity index is 1.99. The minimum Gasteiger partial charge on any atom is -0.493 e. The van der Waals surface area contributed by atoms with Crippen molar-refractivity contribution in [2.75, 3.05) is 6.61 Å². The molecule has 0 radical (unpaired) electrons. The Bertz CT molecular complexity index is 829. The summed E-state index contributed by atoms with van der Waals surface area (Å²) in [6.07, 6.45) is 0. The smallest absolute Gasteiger partial charge is 0.336 e. The first kappa shape index (κ1) is 14.4. The molecular formula is C19H18O3. The van der Waals surface area contributed by atoms with Crippen LogP contribution in [0.4, 0.5) is 0 Å². The summed E-state index contributed by atoms with van der Waals surface area (Å²) in [4.78, 5) is 11.7. The van der Waals surface area contributed by atoms with Crippen molar-refractivity contribution in [2.45, 2.75) is 13.8 Å². The SMILES string of the molecule is CC(C)COc1ccc(-c2cc(=O)oc3ccccc23)cc1. The third kappa shape index (κ3) is 3.03. The van der Waals surface area contributed by atoms with Gasteiger partial charge in [0.05, 0.1) is 6.61 Å². The number of hydrogen-bond acceptors (Lipinski definition) is 3. The van der Waals surface area contributed by atoms with Gasteiger partial charge in [0, 0.05) is 11.5 Å². The van der Waals surface area contributed by atoms with Gasteiger partial charge >= 0.3 is 5.63 Å². The first-order chi connectivity index (χ1) is 10.6. The van der Waals surface area contributed by atoms with Crippen molar-refractivity contribution in [3.8, 4) is 16.9 Å². The summed E-state index contributed by atoms with van der Waals surface area (Å²) < 4.78 is 10.9. The zero-order valence-electron chi connectivity index (χ0n) is 12.7. The van der Waals surface area contributed by atoms with Crippen molar-refractivity contribution in [2.24, 2.45) is 5.92 Å². The summed E-state index contributed by atoms with van der Waals surface area (Å²) in [5.41, 5.74) is 2.11. The molecule has 0 spiro atoms. The van der Waals surface area contributed by atoms with E-state index < -0.39 is 0 Å². The van der Waals surface area contributed by atoms with Gasteiger partial charge in [-0.3, -0.25) is 0 Å². The lowest BCUT2D eigenvalue weighted by Crippen LogP contribution is -2.04. The third-order valence-electron chi connectivity index (χ3n) is 3.40. The Morgan fingerprint density at radius 2 is 1.77 bits per heavy atom. The molecule has 0 saturated carbocycles. The molecule has 3 nitrogen and oxygen atoms in total. The summed E-state index contributed by atoms with van der Waals surface area (Å²) in [6, 6.07) is 16.9. The molecule has 3 heteroatoms. The zero-order valence-corrected chi connectivity index (χ0v) is 12.7. The molecule has 0 aliphatic carbocycles. The fourth-order valence-electron chi connectivity index (χ4n) is 2.34. The van der Waals surface area contributed by atoms with E-state index in [4.69, 9.17) is 9.15 Å². The van der Waals surface area contributed by atoms with E-state index in [2.05, 4.69) is 13.8 Å². The number of ether oxygens (including phenoxy) is 1. The summed E-state index contributed by atoms with van der Waals surface area (Å²) in [7, 11) is 0. The van der Waals surface area contributed by atoms with Gasteiger partial charge in [-0.05, 0) is 35.2 Å². The monoisotopic (exact) mass is 294 g/mol. The second-order valence-electron chi connectivity index (χ2n) is 5.70. The molecule has 0 bridgehead atoms. The van der Waals surface area contributed by atoms with Gasteiger partial charge in [-0.2, -0.15) is 0 Å². The van der Waals surface area contributed by atoms with Gasteiger partial charge in [0.25, 0.3) is 0 Å². The van der Waals surface area contributed by atoms with Crippen molar-refractivity contribution in [3.05, 3.63) is 65.0 Å². The Kier molecular flexibility index (Phi) is 3.96. The van der Waals surface area contributed by atoms with Gasteiger partial charge in [-0.1, -0.05) is 44.2 Å². The van der Waals surface area contributed by atoms with Crippen LogP contribution in [-0.2, 0) is 0 Å². The molecule has 1 heterocycles. The molecule has 0 amide bonds. The average molecular weight is 294 g/mol. The minimum atomic E-state index is -0.339. The van der Waals surface area contributed by atoms with Crippen molar-refractivity contribution in [1.29, 1.82) is 0 Å². The molecule has 0 aliphatic heterocycles. The van der Waals surface area contributed by atoms with Gasteiger partial charge in [0.15, 0.2) is 0 Å². The number of benzene rings is 2. The normalized spacial score (nSPS) is 11.0. The first-order valence-corrected chi connectivity index (χ1v) is 7.39. The van der Waals surface area contributed by atoms with Crippen LogP contribution in [0.15, 0.2) is 63.8 Å². The summed E-state index contributed by atoms with van der Waals surface area (Å²) >= 11 is 0. The maximum Gasteiger partial charge on any atom is 0.336 e. The minimum absolute atomic E-state index is 0.339. The van der Waals surface area contributed by atoms with E-state index in [0.717, 1.165) is 22.3 Å². The molecule has 3 rings (SSSR count). The molecule has 2 aromatic carbocycles. The molecular weight excluding hydrogens is 276 g/mol. The lowest BCUT2D eigenvalue weighted by molar-refractivity contribution is 0.271. The molecule has 0 atom stereocenters. The lowest BCUT2D eigenvalue weighted by atomic mass is 10.0. The van der Waals surface area contributed by atoms with Crippen LogP contribution in [0.25, 0.3) is 22.1 Å². The summed E-state index contributed by atoms with van der Waals surface area (Å²) in [6.45, 7) is 4.92. The highest BCUT2D eigenvalue weighted by molar-refractivity contribution is 5.93. The molecule has 0 N–H and O–H groups in total. The van der Waals surface area contributed by atoms with E-state index >= 15 is 0 Å². The van der Waals surface area contributed by atoms with Crippen LogP contribution in [0.1, 0.15) is 13.8 Å². The highest BCUT2D eigenvalue weighted by Gasteiger charge is 2.07. The standard InChI is InChI=1S/C19H18O3/c1-13(2)12-21-15-9-7-14(8-10-15)17-11-19(20)22-18-6-4-3-5-16(17)18/h3-11,13H,12H2,1-2H3. The van der Waals surface area contributed by atoms with E-state index in [1.54, 1.807) is 6.07 Å². The molecule has 0 aliphatic rings. The highest BCUT2D eigenvalue weighted by Crippen LogP contribution is 2.28. The second-order valence-corrected chi connectivity index (χ2v) is 5.70. The third-order valence-corrected chi connectivity index (χ3v) is 3.40. The Labute approximate surface area is 129 Å². The van der Waals surface area contributed by atoms with Crippen LogP contribution in [0.3, 0.4) is 0 Å². The van der Waals surface area contributed by atoms with Gasteiger partial charge in [-0.25, -0.2) is 4.79 Å². The van der Waals surface area contributed by atoms with Crippen LogP contribution in [0.5, 0.6) is 5.75 Å². The van der Waals surface area contributed by atoms with Crippen molar-refractivity contribution in [3.63, 3.8) is 0 Å². The maximum absolute atomic E-state index is 11.7. The van der Waals surface area contributed by atoms with E-state index in [1.165, 1.54) is 6.07 Å². The zero-order chi connectivity index (χ0) is 15.5. The molecule has 0 unspecified atom stereocenters. The quantitative estimate of drug-likeness (QED) is 0.665. The molecule has 0 saturated heterocycles. The number of para-hydroxylation sites is 1. The fraction of sp³-hybridized carbons (Fsp3) is 0.211. The van der Waals surface area contributed by atoms with Crippen LogP contribution in [0.2, 0.25) is 0 Å². The topological polar surface area (TPSA) is 39.4 Å². The van der Waals surface area contributed by atoms with Crippen LogP contribution < -0.4 is 10.4 Å². The predicted octanol–water partition coefficient (Wildman–Crippen LogP) is 4.49. The number of hydrogen-bond donors (Lipinski definition) is 0. The fourth-order valence-corrected chi connectivity index (χ4v) is 2.34. The van der Waals surface area contributed by atoms with Gasteiger partial charge < -0.3 is 9.15 Å². The Morgan fingerprint density at radius 3 is 2.50 bits per heavy atom. The summed E-state index contributed by atoms with van der Waals surface area (Å²) in [5, 5.41) is 0.929. The first-order valence-electron chi connectivity index (χ1n) is 7.39. The maximum atomic E-state index is 11.7. The van der Waals surface area contributed by atoms with E-state index in [-0.39, 0.29) is 5.63 Å². The molecule has 3 aromatic rings. The van der Waals surface area contributed by atoms with Gasteiger partial charge in [-0.15, -0.1) is 0 Å². The molecule has 22 heavy (non-hydrogen) atoms. The summed E-state index contributed by atoms with van der Waals surface area (Å²) in [5.74, 6) is 1.33. The molecule has 112 valence electrons. The predicted molar refractivity (Wildman–Crippen MR) is 88.3 cm³/mol. The Morgan fingerprint density at radius 1 is 1.05 bits per heavy atom. The van der Waals surface area contributed by atoms with Crippen LogP contribution in [0, 0.1) is 5.92 Å². The van der Waals surface area contributed by atoms with Crippen LogP contribution in [-0.4, -0.2) is 6.61 Å². The van der Waals surface area contributed by atoms with E-state index in [9.17, 15) is 4.79 Å². The van der Waals surface area contributed by atoms with Crippen molar-refractivity contribution < 1.29 is 9.15 Å². The molecule has 1 aromatic heterocycles.